The van der Waals surface area contributed by atoms with Gasteiger partial charge in [0.05, 0.1) is 27.7 Å². The minimum atomic E-state index is -4.64. The molecular formula is C14H35NO5P+. The Kier molecular flexibility index (Phi) is 15.2. The van der Waals surface area contributed by atoms with Crippen molar-refractivity contribution in [2.75, 3.05) is 40.9 Å². The third kappa shape index (κ3) is 38.4. The van der Waals surface area contributed by atoms with E-state index in [0.29, 0.717) is 0 Å². The van der Waals surface area contributed by atoms with Gasteiger partial charge in [0.1, 0.15) is 6.54 Å². The van der Waals surface area contributed by atoms with Crippen LogP contribution in [-0.4, -0.2) is 60.1 Å². The van der Waals surface area contributed by atoms with Gasteiger partial charge in [0.15, 0.2) is 0 Å². The van der Waals surface area contributed by atoms with Gasteiger partial charge in [-0.25, -0.2) is 4.57 Å². The summed E-state index contributed by atoms with van der Waals surface area (Å²) >= 11 is 0. The topological polar surface area (TPSA) is 87.0 Å². The molecule has 21 heavy (non-hydrogen) atoms. The van der Waals surface area contributed by atoms with Crippen molar-refractivity contribution in [3.05, 3.63) is 0 Å². The number of nitrogens with zero attached hydrogens (tertiary/aromatic N) is 1. The van der Waals surface area contributed by atoms with E-state index < -0.39 is 7.82 Å². The molecule has 0 heterocycles. The van der Waals surface area contributed by atoms with Crippen LogP contribution in [-0.2, 0) is 9.30 Å². The van der Waals surface area contributed by atoms with Gasteiger partial charge in [-0.3, -0.25) is 0 Å². The van der Waals surface area contributed by atoms with Crippen molar-refractivity contribution in [2.45, 2.75) is 51.9 Å². The van der Waals surface area contributed by atoms with E-state index in [2.05, 4.69) is 28.1 Å². The van der Waals surface area contributed by atoms with Crippen LogP contribution >= 0.6 is 7.82 Å². The highest BCUT2D eigenvalue weighted by Crippen LogP contribution is 2.25. The molecule has 0 saturated heterocycles. The van der Waals surface area contributed by atoms with Crippen molar-refractivity contribution in [2.24, 2.45) is 0 Å². The second-order valence-corrected chi connectivity index (χ2v) is 7.29. The van der Waals surface area contributed by atoms with Gasteiger partial charge in [-0.2, -0.15) is 0 Å². The summed E-state index contributed by atoms with van der Waals surface area (Å²) in [5, 5.41) is 0. The molecule has 0 aromatic carbocycles. The first-order valence-electron chi connectivity index (χ1n) is 7.72. The first kappa shape index (κ1) is 23.3. The van der Waals surface area contributed by atoms with E-state index in [1.54, 1.807) is 0 Å². The number of hydrogen-bond acceptors (Lipinski definition) is 2. The molecule has 0 atom stereocenters. The summed E-state index contributed by atoms with van der Waals surface area (Å²) in [4.78, 5) is 21.6. The van der Waals surface area contributed by atoms with Crippen LogP contribution in [0.3, 0.4) is 0 Å². The first-order chi connectivity index (χ1) is 9.56. The van der Waals surface area contributed by atoms with E-state index in [1.165, 1.54) is 44.9 Å². The highest BCUT2D eigenvalue weighted by Gasteiger charge is 2.05. The largest absolute Gasteiger partial charge is 0.466 e. The number of likely N-dealkylation sites (N-methyl/N-ethyl adjacent to an activating group) is 1. The van der Waals surface area contributed by atoms with E-state index in [-0.39, 0.29) is 0 Å². The van der Waals surface area contributed by atoms with Crippen LogP contribution < -0.4 is 0 Å². The molecule has 0 rings (SSSR count). The molecule has 7 heteroatoms. The lowest BCUT2D eigenvalue weighted by Gasteiger charge is -2.23. The molecule has 0 amide bonds. The van der Waals surface area contributed by atoms with Crippen LogP contribution in [0, 0.1) is 0 Å². The minimum absolute atomic E-state index is 0.902. The molecule has 6 nitrogen and oxygen atoms in total. The SMILES string of the molecule is CCCCCCCCCOCC[N+](C)(C)C.O=P(O)(O)O. The molecule has 0 fully saturated rings. The normalized spacial score (nSPS) is 12.0. The summed E-state index contributed by atoms with van der Waals surface area (Å²) in [5.41, 5.74) is 0. The molecule has 0 saturated carbocycles. The fourth-order valence-electron chi connectivity index (χ4n) is 1.60. The van der Waals surface area contributed by atoms with E-state index in [1.807, 2.05) is 0 Å². The van der Waals surface area contributed by atoms with Crippen LogP contribution in [0.25, 0.3) is 0 Å². The standard InChI is InChI=1S/C14H32NO.H3O4P/c1-5-6-7-8-9-10-11-13-16-14-12-15(2,3)4;1-5(2,3)4/h5-14H2,1-4H3;(H3,1,2,3,4)/q+1;. The Bertz CT molecular complexity index is 254. The maximum Gasteiger partial charge on any atom is 0.466 e. The zero-order valence-electron chi connectivity index (χ0n) is 14.1. The van der Waals surface area contributed by atoms with Gasteiger partial charge >= 0.3 is 7.82 Å². The number of quaternary nitrogens is 1. The second-order valence-electron chi connectivity index (χ2n) is 6.26. The Hall–Kier alpha value is 0.0300. The maximum atomic E-state index is 8.88. The van der Waals surface area contributed by atoms with Crippen LogP contribution in [0.2, 0.25) is 0 Å². The van der Waals surface area contributed by atoms with Gasteiger partial charge in [0.25, 0.3) is 0 Å². The number of unbranched alkanes of at least 4 members (excludes halogenated alkanes) is 6. The van der Waals surface area contributed by atoms with Gasteiger partial charge in [0.2, 0.25) is 0 Å². The number of phosphoric acid groups is 1. The number of hydrogen-bond donors (Lipinski definition) is 3. The lowest BCUT2D eigenvalue weighted by atomic mass is 10.1. The van der Waals surface area contributed by atoms with Crippen LogP contribution in [0.15, 0.2) is 0 Å². The van der Waals surface area contributed by atoms with Crippen molar-refractivity contribution in [1.82, 2.24) is 0 Å². The highest BCUT2D eigenvalue weighted by molar-refractivity contribution is 7.45. The molecule has 0 unspecified atom stereocenters. The van der Waals surface area contributed by atoms with Gasteiger partial charge in [-0.05, 0) is 6.42 Å². The Labute approximate surface area is 130 Å². The number of ether oxygens (including phenoxy) is 1. The van der Waals surface area contributed by atoms with Crippen LogP contribution in [0.4, 0.5) is 0 Å². The Morgan fingerprint density at radius 1 is 0.857 bits per heavy atom. The van der Waals surface area contributed by atoms with Crippen LogP contribution in [0.5, 0.6) is 0 Å². The summed E-state index contributed by atoms with van der Waals surface area (Å²) < 4.78 is 15.5. The van der Waals surface area contributed by atoms with Crippen molar-refractivity contribution in [3.8, 4) is 0 Å². The molecule has 130 valence electrons. The summed E-state index contributed by atoms with van der Waals surface area (Å²) in [6.07, 6.45) is 9.54. The third-order valence-corrected chi connectivity index (χ3v) is 2.80. The smallest absolute Gasteiger partial charge is 0.376 e. The molecular weight excluding hydrogens is 293 g/mol. The molecule has 0 bridgehead atoms. The van der Waals surface area contributed by atoms with E-state index in [9.17, 15) is 0 Å². The number of rotatable bonds is 11. The molecule has 0 radical (unpaired) electrons. The zero-order valence-corrected chi connectivity index (χ0v) is 15.0. The van der Waals surface area contributed by atoms with Gasteiger partial charge in [-0.1, -0.05) is 45.4 Å². The van der Waals surface area contributed by atoms with Crippen molar-refractivity contribution in [3.63, 3.8) is 0 Å². The Morgan fingerprint density at radius 2 is 1.29 bits per heavy atom. The summed E-state index contributed by atoms with van der Waals surface area (Å²) in [6.45, 7) is 5.23. The highest BCUT2D eigenvalue weighted by atomic mass is 31.2. The summed E-state index contributed by atoms with van der Waals surface area (Å²) in [5.74, 6) is 0. The van der Waals surface area contributed by atoms with Gasteiger partial charge < -0.3 is 23.9 Å². The predicted octanol–water partition coefficient (Wildman–Crippen LogP) is 2.53. The Morgan fingerprint density at radius 3 is 1.71 bits per heavy atom. The quantitative estimate of drug-likeness (QED) is 0.308. The van der Waals surface area contributed by atoms with E-state index in [4.69, 9.17) is 24.0 Å². The lowest BCUT2D eigenvalue weighted by molar-refractivity contribution is -0.870. The molecule has 0 aliphatic carbocycles. The lowest BCUT2D eigenvalue weighted by Crippen LogP contribution is -2.37. The predicted molar refractivity (Wildman–Crippen MR) is 86.0 cm³/mol. The Balaban J connectivity index is 0. The minimum Gasteiger partial charge on any atom is -0.376 e. The molecule has 0 aliphatic rings. The van der Waals surface area contributed by atoms with Gasteiger partial charge in [-0.15, -0.1) is 0 Å². The first-order valence-corrected chi connectivity index (χ1v) is 9.29. The van der Waals surface area contributed by atoms with Gasteiger partial charge in [0, 0.05) is 6.61 Å². The fourth-order valence-corrected chi connectivity index (χ4v) is 1.60. The molecule has 0 aliphatic heterocycles. The fraction of sp³-hybridized carbons (Fsp3) is 1.00. The molecule has 3 N–H and O–H groups in total. The van der Waals surface area contributed by atoms with E-state index >= 15 is 0 Å². The summed E-state index contributed by atoms with van der Waals surface area (Å²) in [7, 11) is 1.98. The van der Waals surface area contributed by atoms with Crippen molar-refractivity contribution < 1.29 is 28.5 Å². The van der Waals surface area contributed by atoms with Crippen LogP contribution in [0.1, 0.15) is 51.9 Å². The zero-order chi connectivity index (χ0) is 16.8. The molecule has 0 aromatic heterocycles. The average Bonchev–Trinajstić information content (AvgIpc) is 2.28. The average molecular weight is 328 g/mol. The summed E-state index contributed by atoms with van der Waals surface area (Å²) in [6, 6.07) is 0. The van der Waals surface area contributed by atoms with Crippen molar-refractivity contribution >= 4 is 7.82 Å². The molecule has 0 spiro atoms. The van der Waals surface area contributed by atoms with Crippen molar-refractivity contribution in [1.29, 1.82) is 0 Å². The monoisotopic (exact) mass is 328 g/mol. The third-order valence-electron chi connectivity index (χ3n) is 2.80. The van der Waals surface area contributed by atoms with E-state index in [0.717, 1.165) is 24.2 Å². The molecule has 0 aromatic rings. The maximum absolute atomic E-state index is 8.88. The second kappa shape index (κ2) is 13.7.